The Morgan fingerprint density at radius 1 is 1.33 bits per heavy atom. The van der Waals surface area contributed by atoms with Gasteiger partial charge in [0.2, 0.25) is 0 Å². The number of aliphatic hydroxyl groups excluding tert-OH is 1. The van der Waals surface area contributed by atoms with Crippen molar-refractivity contribution in [3.05, 3.63) is 35.6 Å². The van der Waals surface area contributed by atoms with Gasteiger partial charge < -0.3 is 10.8 Å². The topological polar surface area (TPSA) is 46.2 Å². The predicted molar refractivity (Wildman–Crippen MR) is 58.9 cm³/mol. The van der Waals surface area contributed by atoms with E-state index in [4.69, 9.17) is 5.73 Å². The van der Waals surface area contributed by atoms with Crippen LogP contribution in [0.15, 0.2) is 24.3 Å². The van der Waals surface area contributed by atoms with E-state index in [9.17, 15) is 9.50 Å². The Balaban J connectivity index is 2.66. The maximum Gasteiger partial charge on any atom is 0.126 e. The van der Waals surface area contributed by atoms with E-state index >= 15 is 0 Å². The minimum atomic E-state index is -0.593. The second kappa shape index (κ2) is 5.24. The van der Waals surface area contributed by atoms with Gasteiger partial charge in [-0.1, -0.05) is 32.0 Å². The van der Waals surface area contributed by atoms with Crippen LogP contribution in [0.2, 0.25) is 0 Å². The molecule has 0 spiro atoms. The second-order valence-corrected chi connectivity index (χ2v) is 4.19. The van der Waals surface area contributed by atoms with E-state index in [2.05, 4.69) is 0 Å². The molecule has 15 heavy (non-hydrogen) atoms. The summed E-state index contributed by atoms with van der Waals surface area (Å²) >= 11 is 0. The van der Waals surface area contributed by atoms with Gasteiger partial charge in [-0.15, -0.1) is 0 Å². The van der Waals surface area contributed by atoms with Gasteiger partial charge in [-0.05, 0) is 24.0 Å². The zero-order chi connectivity index (χ0) is 11.4. The van der Waals surface area contributed by atoms with Gasteiger partial charge in [-0.2, -0.15) is 0 Å². The van der Waals surface area contributed by atoms with Gasteiger partial charge in [0.25, 0.3) is 0 Å². The van der Waals surface area contributed by atoms with Crippen LogP contribution < -0.4 is 5.73 Å². The SMILES string of the molecule is CC(C)C(O)C(N)Cc1ccccc1F. The van der Waals surface area contributed by atoms with Gasteiger partial charge in [-0.25, -0.2) is 4.39 Å². The van der Waals surface area contributed by atoms with E-state index in [1.807, 2.05) is 13.8 Å². The van der Waals surface area contributed by atoms with Crippen LogP contribution in [-0.2, 0) is 6.42 Å². The van der Waals surface area contributed by atoms with E-state index in [-0.39, 0.29) is 11.7 Å². The zero-order valence-corrected chi connectivity index (χ0v) is 9.15. The maximum atomic E-state index is 13.3. The Bertz CT molecular complexity index is 314. The van der Waals surface area contributed by atoms with E-state index in [0.717, 1.165) is 0 Å². The van der Waals surface area contributed by atoms with E-state index in [1.54, 1.807) is 18.2 Å². The van der Waals surface area contributed by atoms with Gasteiger partial charge in [0, 0.05) is 6.04 Å². The smallest absolute Gasteiger partial charge is 0.126 e. The molecule has 1 rings (SSSR count). The van der Waals surface area contributed by atoms with Crippen LogP contribution >= 0.6 is 0 Å². The van der Waals surface area contributed by atoms with Crippen LogP contribution in [0.4, 0.5) is 4.39 Å². The predicted octanol–water partition coefficient (Wildman–Crippen LogP) is 1.71. The molecule has 1 aromatic rings. The number of hydrogen-bond donors (Lipinski definition) is 2. The molecule has 0 aliphatic carbocycles. The lowest BCUT2D eigenvalue weighted by Crippen LogP contribution is -2.40. The van der Waals surface area contributed by atoms with Crippen LogP contribution in [0.25, 0.3) is 0 Å². The number of benzene rings is 1. The molecule has 84 valence electrons. The molecular weight excluding hydrogens is 193 g/mol. The van der Waals surface area contributed by atoms with Crippen molar-refractivity contribution < 1.29 is 9.50 Å². The Labute approximate surface area is 89.9 Å². The molecule has 1 aromatic carbocycles. The van der Waals surface area contributed by atoms with E-state index in [1.165, 1.54) is 6.07 Å². The first-order valence-electron chi connectivity index (χ1n) is 5.19. The van der Waals surface area contributed by atoms with Crippen LogP contribution in [-0.4, -0.2) is 17.3 Å². The molecule has 3 N–H and O–H groups in total. The summed E-state index contributed by atoms with van der Waals surface area (Å²) in [5, 5.41) is 9.70. The molecule has 0 saturated heterocycles. The highest BCUT2D eigenvalue weighted by molar-refractivity contribution is 5.18. The van der Waals surface area contributed by atoms with Gasteiger partial charge in [0.05, 0.1) is 6.10 Å². The first-order valence-corrected chi connectivity index (χ1v) is 5.19. The number of halogens is 1. The van der Waals surface area contributed by atoms with Crippen molar-refractivity contribution in [2.75, 3.05) is 0 Å². The summed E-state index contributed by atoms with van der Waals surface area (Å²) in [6.45, 7) is 3.79. The highest BCUT2D eigenvalue weighted by Gasteiger charge is 2.19. The number of rotatable bonds is 4. The monoisotopic (exact) mass is 211 g/mol. The van der Waals surface area contributed by atoms with Crippen molar-refractivity contribution in [3.63, 3.8) is 0 Å². The average molecular weight is 211 g/mol. The van der Waals surface area contributed by atoms with Crippen molar-refractivity contribution in [2.45, 2.75) is 32.4 Å². The van der Waals surface area contributed by atoms with Gasteiger partial charge in [0.15, 0.2) is 0 Å². The quantitative estimate of drug-likeness (QED) is 0.796. The Hall–Kier alpha value is -0.930. The third-order valence-electron chi connectivity index (χ3n) is 2.54. The Kier molecular flexibility index (Phi) is 4.24. The lowest BCUT2D eigenvalue weighted by molar-refractivity contribution is 0.0975. The van der Waals surface area contributed by atoms with Crippen molar-refractivity contribution >= 4 is 0 Å². The fourth-order valence-electron chi connectivity index (χ4n) is 1.53. The largest absolute Gasteiger partial charge is 0.391 e. The molecule has 0 radical (unpaired) electrons. The molecule has 0 bridgehead atoms. The summed E-state index contributed by atoms with van der Waals surface area (Å²) in [6, 6.07) is 6.10. The van der Waals surface area contributed by atoms with Gasteiger partial charge >= 0.3 is 0 Å². The van der Waals surface area contributed by atoms with Crippen molar-refractivity contribution in [2.24, 2.45) is 11.7 Å². The summed E-state index contributed by atoms with van der Waals surface area (Å²) in [6.07, 6.45) is -0.226. The van der Waals surface area contributed by atoms with Crippen LogP contribution in [0.1, 0.15) is 19.4 Å². The van der Waals surface area contributed by atoms with Crippen molar-refractivity contribution in [3.8, 4) is 0 Å². The molecule has 3 heteroatoms. The molecule has 0 saturated carbocycles. The van der Waals surface area contributed by atoms with E-state index < -0.39 is 12.1 Å². The van der Waals surface area contributed by atoms with E-state index in [0.29, 0.717) is 12.0 Å². The highest BCUT2D eigenvalue weighted by atomic mass is 19.1. The fourth-order valence-corrected chi connectivity index (χ4v) is 1.53. The third-order valence-corrected chi connectivity index (χ3v) is 2.54. The summed E-state index contributed by atoms with van der Waals surface area (Å²) in [4.78, 5) is 0. The summed E-state index contributed by atoms with van der Waals surface area (Å²) in [5.74, 6) is -0.171. The lowest BCUT2D eigenvalue weighted by atomic mass is 9.95. The molecule has 2 nitrogen and oxygen atoms in total. The molecule has 0 fully saturated rings. The summed E-state index contributed by atoms with van der Waals surface area (Å²) in [7, 11) is 0. The number of aliphatic hydroxyl groups is 1. The molecule has 0 aliphatic rings. The number of hydrogen-bond acceptors (Lipinski definition) is 2. The van der Waals surface area contributed by atoms with Crippen molar-refractivity contribution in [1.29, 1.82) is 0 Å². The average Bonchev–Trinajstić information content (AvgIpc) is 2.20. The minimum absolute atomic E-state index is 0.0896. The summed E-state index contributed by atoms with van der Waals surface area (Å²) < 4.78 is 13.3. The highest BCUT2D eigenvalue weighted by Crippen LogP contribution is 2.13. The van der Waals surface area contributed by atoms with Crippen molar-refractivity contribution in [1.82, 2.24) is 0 Å². The first kappa shape index (κ1) is 12.1. The second-order valence-electron chi connectivity index (χ2n) is 4.19. The van der Waals surface area contributed by atoms with Gasteiger partial charge in [0.1, 0.15) is 5.82 Å². The van der Waals surface area contributed by atoms with Gasteiger partial charge in [-0.3, -0.25) is 0 Å². The molecule has 0 amide bonds. The third kappa shape index (κ3) is 3.29. The standard InChI is InChI=1S/C12H18FNO/c1-8(2)12(15)11(14)7-9-5-3-4-6-10(9)13/h3-6,8,11-12,15H,7,14H2,1-2H3. The Morgan fingerprint density at radius 3 is 2.47 bits per heavy atom. The molecule has 0 heterocycles. The number of nitrogens with two attached hydrogens (primary N) is 1. The first-order chi connectivity index (χ1) is 7.02. The normalized spacial score (nSPS) is 15.3. The van der Waals surface area contributed by atoms with Crippen LogP contribution in [0.5, 0.6) is 0 Å². The molecule has 0 aromatic heterocycles. The summed E-state index contributed by atoms with van der Waals surface area (Å²) in [5.41, 5.74) is 6.36. The molecular formula is C12H18FNO. The fraction of sp³-hybridized carbons (Fsp3) is 0.500. The lowest BCUT2D eigenvalue weighted by Gasteiger charge is -2.22. The van der Waals surface area contributed by atoms with Crippen LogP contribution in [0.3, 0.4) is 0 Å². The minimum Gasteiger partial charge on any atom is -0.391 e. The van der Waals surface area contributed by atoms with Crippen LogP contribution in [0, 0.1) is 11.7 Å². The molecule has 2 unspecified atom stereocenters. The zero-order valence-electron chi connectivity index (χ0n) is 9.15. The maximum absolute atomic E-state index is 13.3. The Morgan fingerprint density at radius 2 is 1.93 bits per heavy atom. The molecule has 0 aliphatic heterocycles. The molecule has 2 atom stereocenters.